The van der Waals surface area contributed by atoms with Gasteiger partial charge in [0.15, 0.2) is 5.78 Å². The minimum atomic E-state index is -0.941. The van der Waals surface area contributed by atoms with Gasteiger partial charge in [0.25, 0.3) is 11.8 Å². The van der Waals surface area contributed by atoms with E-state index in [-0.39, 0.29) is 15.5 Å². The summed E-state index contributed by atoms with van der Waals surface area (Å²) in [5, 5.41) is 0. The van der Waals surface area contributed by atoms with E-state index in [2.05, 4.69) is 31.9 Å². The minimum Gasteiger partial charge on any atom is -0.298 e. The third-order valence-corrected chi connectivity index (χ3v) is 3.70. The molecule has 1 aliphatic rings. The Kier molecular flexibility index (Phi) is 3.12. The molecule has 0 aromatic rings. The molecule has 6 heteroatoms. The summed E-state index contributed by atoms with van der Waals surface area (Å²) in [6.45, 7) is 1.04. The monoisotopic (exact) mass is 325 g/mol. The molecule has 0 spiro atoms. The van der Waals surface area contributed by atoms with Crippen LogP contribution in [0.15, 0.2) is 8.96 Å². The van der Waals surface area contributed by atoms with Crippen LogP contribution < -0.4 is 0 Å². The van der Waals surface area contributed by atoms with Crippen LogP contribution in [0.2, 0.25) is 0 Å². The molecule has 2 amide bonds. The van der Waals surface area contributed by atoms with Gasteiger partial charge >= 0.3 is 0 Å². The first-order valence-corrected chi connectivity index (χ1v) is 5.31. The molecule has 14 heavy (non-hydrogen) atoms. The Bertz CT molecular complexity index is 354. The Morgan fingerprint density at radius 2 is 1.79 bits per heavy atom. The Hall–Kier alpha value is -0.490. The highest BCUT2D eigenvalue weighted by molar-refractivity contribution is 9.14. The number of amides is 2. The zero-order chi connectivity index (χ0) is 11.7. The van der Waals surface area contributed by atoms with E-state index < -0.39 is 24.0 Å². The van der Waals surface area contributed by atoms with Crippen LogP contribution in [-0.4, -0.2) is 29.0 Å². The van der Waals surface area contributed by atoms with E-state index in [9.17, 15) is 14.4 Å². The van der Waals surface area contributed by atoms with Gasteiger partial charge in [-0.25, -0.2) is 0 Å². The summed E-state index contributed by atoms with van der Waals surface area (Å²) in [6.07, 6.45) is -0.941. The van der Waals surface area contributed by atoms with Crippen molar-refractivity contribution in [1.29, 1.82) is 0 Å². The number of ketones is 1. The highest BCUT2D eigenvalue weighted by Gasteiger charge is 2.36. The number of Topliss-reactive ketones (excluding diaryl/α,β-unsaturated/α-hetero) is 1. The van der Waals surface area contributed by atoms with Crippen molar-refractivity contribution in [2.45, 2.75) is 13.3 Å². The second-order valence-corrected chi connectivity index (χ2v) is 4.17. The normalized spacial score (nSPS) is 20.2. The second kappa shape index (κ2) is 4.35. The molecule has 0 radical (unpaired) electrons. The molecule has 1 aliphatic heterocycles. The fourth-order valence-corrected chi connectivity index (χ4v) is 1.67. The predicted molar refractivity (Wildman–Crippen MR) is 56.9 cm³/mol. The lowest BCUT2D eigenvalue weighted by atomic mass is 10.3. The zero-order valence-corrected chi connectivity index (χ0v) is 10.4. The van der Waals surface area contributed by atoms with Crippen molar-refractivity contribution >= 4 is 49.5 Å². The Morgan fingerprint density at radius 3 is 2.14 bits per heavy atom. The van der Waals surface area contributed by atoms with Crippen LogP contribution in [-0.2, 0) is 14.4 Å². The van der Waals surface area contributed by atoms with E-state index in [1.165, 1.54) is 6.92 Å². The van der Waals surface area contributed by atoms with Crippen molar-refractivity contribution in [2.24, 2.45) is 0 Å². The summed E-state index contributed by atoms with van der Waals surface area (Å²) in [7, 11) is 0. The van der Waals surface area contributed by atoms with Crippen LogP contribution in [0.1, 0.15) is 14.7 Å². The van der Waals surface area contributed by atoms with Gasteiger partial charge < -0.3 is 0 Å². The van der Waals surface area contributed by atoms with Gasteiger partial charge in [0.05, 0.1) is 6.54 Å². The lowest BCUT2D eigenvalue weighted by Crippen LogP contribution is -2.35. The van der Waals surface area contributed by atoms with E-state index in [1.807, 2.05) is 0 Å². The summed E-state index contributed by atoms with van der Waals surface area (Å²) in [6, 6.07) is 0. The zero-order valence-electron chi connectivity index (χ0n) is 8.21. The van der Waals surface area contributed by atoms with Gasteiger partial charge in [0.1, 0.15) is 8.96 Å². The largest absolute Gasteiger partial charge is 0.298 e. The Balaban J connectivity index is 2.81. The Labute approximate surface area is 99.0 Å². The van der Waals surface area contributed by atoms with Gasteiger partial charge in [0.2, 0.25) is 0 Å². The molecule has 0 bridgehead atoms. The summed E-state index contributed by atoms with van der Waals surface area (Å²) in [4.78, 5) is 34.9. The summed E-state index contributed by atoms with van der Waals surface area (Å²) < 4.78 is 7.36. The average molecular weight is 327 g/mol. The quantitative estimate of drug-likeness (QED) is 0.735. The molecular weight excluding hydrogens is 318 g/mol. The van der Waals surface area contributed by atoms with Gasteiger partial charge in [0, 0.05) is 7.77 Å². The van der Waals surface area contributed by atoms with Crippen molar-refractivity contribution in [3.63, 3.8) is 0 Å². The third kappa shape index (κ3) is 1.95. The lowest BCUT2D eigenvalue weighted by Gasteiger charge is -2.11. The molecule has 0 fully saturated rings. The highest BCUT2D eigenvalue weighted by Crippen LogP contribution is 2.29. The first-order chi connectivity index (χ1) is 6.86. The topological polar surface area (TPSA) is 54.5 Å². The lowest BCUT2D eigenvalue weighted by molar-refractivity contribution is -0.140. The highest BCUT2D eigenvalue weighted by atomic mass is 79.9. The van der Waals surface area contributed by atoms with Gasteiger partial charge in [-0.2, -0.15) is 0 Å². The maximum atomic E-state index is 11.4. The molecule has 0 aromatic heterocycles. The first-order valence-electron chi connectivity index (χ1n) is 4.30. The van der Waals surface area contributed by atoms with Crippen molar-refractivity contribution in [3.05, 3.63) is 8.96 Å². The van der Waals surface area contributed by atoms with Crippen LogP contribution >= 0.6 is 31.9 Å². The van der Waals surface area contributed by atoms with Crippen molar-refractivity contribution in [1.82, 2.24) is 4.90 Å². The average Bonchev–Trinajstić information content (AvgIpc) is 2.35. The van der Waals surface area contributed by atoms with Crippen LogP contribution in [0.4, 0.5) is 0 Å². The van der Waals surface area contributed by atoms with E-state index in [0.717, 1.165) is 4.90 Å². The number of halogens is 2. The van der Waals surface area contributed by atoms with Gasteiger partial charge in [-0.3, -0.25) is 19.3 Å². The van der Waals surface area contributed by atoms with Crippen LogP contribution in [0.3, 0.4) is 0 Å². The van der Waals surface area contributed by atoms with Crippen LogP contribution in [0.25, 0.3) is 0 Å². The molecule has 0 saturated carbocycles. The summed E-state index contributed by atoms with van der Waals surface area (Å²) in [5.41, 5.74) is 0. The predicted octanol–water partition coefficient (Wildman–Crippen LogP) is 1.34. The van der Waals surface area contributed by atoms with E-state index in [4.69, 9.17) is 1.37 Å². The number of nitrogens with zero attached hydrogens (tertiary/aromatic N) is 1. The number of hydrogen-bond donors (Lipinski definition) is 0. The van der Waals surface area contributed by atoms with E-state index in [1.54, 1.807) is 0 Å². The van der Waals surface area contributed by atoms with Crippen LogP contribution in [0.5, 0.6) is 0 Å². The van der Waals surface area contributed by atoms with Crippen molar-refractivity contribution in [3.8, 4) is 0 Å². The summed E-state index contributed by atoms with van der Waals surface area (Å²) >= 11 is 5.88. The number of hydrogen-bond acceptors (Lipinski definition) is 3. The molecular formula is C8H7Br2NO3. The Morgan fingerprint density at radius 1 is 1.36 bits per heavy atom. The fourth-order valence-electron chi connectivity index (χ4n) is 0.908. The first kappa shape index (κ1) is 10.0. The molecule has 0 aromatic carbocycles. The SMILES string of the molecule is [3H]C(C)C(=O)CN1C(=O)C(Br)=C(Br)C1=O. The van der Waals surface area contributed by atoms with Gasteiger partial charge in [-0.05, 0) is 31.9 Å². The third-order valence-electron chi connectivity index (χ3n) is 1.69. The number of rotatable bonds is 3. The maximum Gasteiger partial charge on any atom is 0.269 e. The molecule has 1 rings (SSSR count). The molecule has 0 aliphatic carbocycles. The van der Waals surface area contributed by atoms with Gasteiger partial charge in [-0.1, -0.05) is 6.92 Å². The number of carbonyl (C=O) groups excluding carboxylic acids is 3. The van der Waals surface area contributed by atoms with Crippen LogP contribution in [0, 0.1) is 0 Å². The van der Waals surface area contributed by atoms with Crippen molar-refractivity contribution < 1.29 is 15.8 Å². The molecule has 0 saturated heterocycles. The van der Waals surface area contributed by atoms with Crippen molar-refractivity contribution in [2.75, 3.05) is 6.54 Å². The molecule has 4 nitrogen and oxygen atoms in total. The number of imide groups is 1. The molecule has 1 atom stereocenters. The fraction of sp³-hybridized carbons (Fsp3) is 0.375. The molecule has 76 valence electrons. The molecule has 0 N–H and O–H groups in total. The number of carbonyl (C=O) groups is 3. The second-order valence-electron chi connectivity index (χ2n) is 2.58. The van der Waals surface area contributed by atoms with E-state index >= 15 is 0 Å². The minimum absolute atomic E-state index is 0.109. The maximum absolute atomic E-state index is 11.4. The van der Waals surface area contributed by atoms with E-state index in [0.29, 0.717) is 0 Å². The molecule has 1 heterocycles. The van der Waals surface area contributed by atoms with Gasteiger partial charge in [-0.15, -0.1) is 0 Å². The standard InChI is InChI=1S/C8H7Br2NO3/c1-2-4(12)3-11-7(13)5(9)6(10)8(11)14/h2-3H2,1H3/i2T. The molecule has 1 unspecified atom stereocenters. The smallest absolute Gasteiger partial charge is 0.269 e. The summed E-state index contributed by atoms with van der Waals surface area (Å²) in [5.74, 6) is -1.58.